The predicted octanol–water partition coefficient (Wildman–Crippen LogP) is 3.94. The van der Waals surface area contributed by atoms with Crippen molar-refractivity contribution in [3.05, 3.63) is 60.2 Å². The van der Waals surface area contributed by atoms with E-state index in [4.69, 9.17) is 0 Å². The van der Waals surface area contributed by atoms with Crippen LogP contribution in [0.1, 0.15) is 12.0 Å². The van der Waals surface area contributed by atoms with Gasteiger partial charge in [-0.15, -0.1) is 11.8 Å². The zero-order valence-corrected chi connectivity index (χ0v) is 17.4. The van der Waals surface area contributed by atoms with E-state index >= 15 is 0 Å². The summed E-state index contributed by atoms with van der Waals surface area (Å²) in [5.41, 5.74) is 2.63. The van der Waals surface area contributed by atoms with E-state index in [9.17, 15) is 0 Å². The molecule has 4 nitrogen and oxygen atoms in total. The third-order valence-corrected chi connectivity index (χ3v) is 5.85. The van der Waals surface area contributed by atoms with E-state index in [1.165, 1.54) is 22.6 Å². The van der Waals surface area contributed by atoms with Gasteiger partial charge in [-0.3, -0.25) is 4.99 Å². The third kappa shape index (κ3) is 5.42. The van der Waals surface area contributed by atoms with Crippen LogP contribution in [0.4, 0.5) is 5.69 Å². The molecule has 0 radical (unpaired) electrons. The number of hydrogen-bond acceptors (Lipinski definition) is 3. The van der Waals surface area contributed by atoms with Crippen LogP contribution in [-0.4, -0.2) is 50.8 Å². The lowest BCUT2D eigenvalue weighted by Crippen LogP contribution is -2.41. The number of nitrogens with one attached hydrogen (secondary N) is 1. The fraction of sp³-hybridized carbons (Fsp3) is 0.409. The molecule has 0 saturated carbocycles. The molecule has 1 aliphatic heterocycles. The number of aliphatic imine (C=N–C) groups is 1. The van der Waals surface area contributed by atoms with Crippen LogP contribution in [0.25, 0.3) is 0 Å². The van der Waals surface area contributed by atoms with Crippen LogP contribution in [0.2, 0.25) is 0 Å². The zero-order chi connectivity index (χ0) is 19.1. The van der Waals surface area contributed by atoms with E-state index < -0.39 is 0 Å². The second kappa shape index (κ2) is 9.70. The van der Waals surface area contributed by atoms with Crippen LogP contribution < -0.4 is 10.2 Å². The predicted molar refractivity (Wildman–Crippen MR) is 118 cm³/mol. The summed E-state index contributed by atoms with van der Waals surface area (Å²) in [5.74, 6) is 1.61. The van der Waals surface area contributed by atoms with Gasteiger partial charge in [0.1, 0.15) is 0 Å². The first-order valence-electron chi connectivity index (χ1n) is 9.54. The summed E-state index contributed by atoms with van der Waals surface area (Å²) >= 11 is 1.77. The van der Waals surface area contributed by atoms with Crippen LogP contribution >= 0.6 is 11.8 Å². The van der Waals surface area contributed by atoms with Gasteiger partial charge < -0.3 is 15.1 Å². The summed E-state index contributed by atoms with van der Waals surface area (Å²) in [5, 5.41) is 3.57. The van der Waals surface area contributed by atoms with E-state index in [1.54, 1.807) is 11.8 Å². The van der Waals surface area contributed by atoms with Crippen LogP contribution in [-0.2, 0) is 6.54 Å². The quantitative estimate of drug-likeness (QED) is 0.466. The van der Waals surface area contributed by atoms with Crippen molar-refractivity contribution in [2.75, 3.05) is 44.9 Å². The molecule has 2 aromatic rings. The Kier molecular flexibility index (Phi) is 7.04. The van der Waals surface area contributed by atoms with Gasteiger partial charge in [-0.25, -0.2) is 0 Å². The maximum Gasteiger partial charge on any atom is 0.193 e. The molecule has 0 bridgehead atoms. The Labute approximate surface area is 167 Å². The molecule has 1 N–H and O–H groups in total. The van der Waals surface area contributed by atoms with Gasteiger partial charge in [-0.05, 0) is 48.4 Å². The Morgan fingerprint density at radius 2 is 1.93 bits per heavy atom. The molecule has 0 aliphatic carbocycles. The largest absolute Gasteiger partial charge is 0.371 e. The maximum absolute atomic E-state index is 4.47. The van der Waals surface area contributed by atoms with Crippen LogP contribution in [0.15, 0.2) is 64.5 Å². The molecule has 0 amide bonds. The Morgan fingerprint density at radius 1 is 1.19 bits per heavy atom. The smallest absolute Gasteiger partial charge is 0.193 e. The molecule has 1 atom stereocenters. The summed E-state index contributed by atoms with van der Waals surface area (Å²) in [6.07, 6.45) is 3.33. The second-order valence-corrected chi connectivity index (χ2v) is 7.95. The zero-order valence-electron chi connectivity index (χ0n) is 16.6. The molecule has 1 saturated heterocycles. The number of hydrogen-bond donors (Lipinski definition) is 1. The second-order valence-electron chi connectivity index (χ2n) is 7.07. The monoisotopic (exact) mass is 382 g/mol. The molecule has 27 heavy (non-hydrogen) atoms. The van der Waals surface area contributed by atoms with Gasteiger partial charge in [0.05, 0.1) is 0 Å². The molecule has 1 heterocycles. The van der Waals surface area contributed by atoms with Crippen molar-refractivity contribution in [2.45, 2.75) is 17.9 Å². The van der Waals surface area contributed by atoms with Crippen molar-refractivity contribution in [1.29, 1.82) is 0 Å². The molecule has 1 fully saturated rings. The van der Waals surface area contributed by atoms with E-state index in [0.717, 1.165) is 32.1 Å². The Morgan fingerprint density at radius 3 is 2.59 bits per heavy atom. The van der Waals surface area contributed by atoms with E-state index in [2.05, 4.69) is 88.0 Å². The SMILES string of the molecule is CN=C(NCC1CCN(c2ccccc2)C1)N(C)Cc1ccc(SC)cc1. The van der Waals surface area contributed by atoms with Gasteiger partial charge in [0.15, 0.2) is 5.96 Å². The number of para-hydroxylation sites is 1. The van der Waals surface area contributed by atoms with Crippen molar-refractivity contribution in [2.24, 2.45) is 10.9 Å². The van der Waals surface area contributed by atoms with Crippen LogP contribution in [0, 0.1) is 5.92 Å². The van der Waals surface area contributed by atoms with Crippen molar-refractivity contribution < 1.29 is 0 Å². The van der Waals surface area contributed by atoms with Crippen molar-refractivity contribution in [1.82, 2.24) is 10.2 Å². The average molecular weight is 383 g/mol. The molecule has 5 heteroatoms. The standard InChI is InChI=1S/C22H30N4S/c1-23-22(25(2)16-18-9-11-21(27-3)12-10-18)24-15-19-13-14-26(17-19)20-7-5-4-6-8-20/h4-12,19H,13-17H2,1-3H3,(H,23,24). The van der Waals surface area contributed by atoms with E-state index in [-0.39, 0.29) is 0 Å². The van der Waals surface area contributed by atoms with Gasteiger partial charge in [0.25, 0.3) is 0 Å². The number of thioether (sulfide) groups is 1. The fourth-order valence-corrected chi connectivity index (χ4v) is 3.98. The lowest BCUT2D eigenvalue weighted by molar-refractivity contribution is 0.462. The summed E-state index contributed by atoms with van der Waals surface area (Å²) in [4.78, 5) is 10.4. The van der Waals surface area contributed by atoms with E-state index in [1.807, 2.05) is 7.05 Å². The highest BCUT2D eigenvalue weighted by atomic mass is 32.2. The van der Waals surface area contributed by atoms with E-state index in [0.29, 0.717) is 5.92 Å². The molecular formula is C22H30N4S. The summed E-state index contributed by atoms with van der Waals surface area (Å²) < 4.78 is 0. The lowest BCUT2D eigenvalue weighted by atomic mass is 10.1. The highest BCUT2D eigenvalue weighted by Crippen LogP contribution is 2.23. The number of guanidine groups is 1. The molecule has 1 unspecified atom stereocenters. The molecule has 0 spiro atoms. The molecule has 3 rings (SSSR count). The Hall–Kier alpha value is -2.14. The van der Waals surface area contributed by atoms with Gasteiger partial charge in [0.2, 0.25) is 0 Å². The number of nitrogens with zero attached hydrogens (tertiary/aromatic N) is 3. The molecule has 1 aliphatic rings. The minimum atomic E-state index is 0.649. The topological polar surface area (TPSA) is 30.9 Å². The van der Waals surface area contributed by atoms with Gasteiger partial charge >= 0.3 is 0 Å². The van der Waals surface area contributed by atoms with Crippen molar-refractivity contribution in [3.63, 3.8) is 0 Å². The number of benzene rings is 2. The first-order chi connectivity index (χ1) is 13.2. The van der Waals surface area contributed by atoms with Gasteiger partial charge in [-0.1, -0.05) is 30.3 Å². The van der Waals surface area contributed by atoms with Crippen molar-refractivity contribution in [3.8, 4) is 0 Å². The molecule has 2 aromatic carbocycles. The summed E-state index contributed by atoms with van der Waals surface area (Å²) in [6, 6.07) is 19.5. The fourth-order valence-electron chi connectivity index (χ4n) is 3.57. The number of anilines is 1. The molecular weight excluding hydrogens is 352 g/mol. The van der Waals surface area contributed by atoms with Crippen LogP contribution in [0.5, 0.6) is 0 Å². The highest BCUT2D eigenvalue weighted by molar-refractivity contribution is 7.98. The maximum atomic E-state index is 4.47. The average Bonchev–Trinajstić information content (AvgIpc) is 3.19. The lowest BCUT2D eigenvalue weighted by Gasteiger charge is -2.24. The van der Waals surface area contributed by atoms with Gasteiger partial charge in [-0.2, -0.15) is 0 Å². The normalized spacial score (nSPS) is 17.2. The first kappa shape index (κ1) is 19.6. The Bertz CT molecular complexity index is 730. The summed E-state index contributed by atoms with van der Waals surface area (Å²) in [7, 11) is 3.96. The minimum absolute atomic E-state index is 0.649. The van der Waals surface area contributed by atoms with Gasteiger partial charge in [0, 0.05) is 50.9 Å². The third-order valence-electron chi connectivity index (χ3n) is 5.11. The highest BCUT2D eigenvalue weighted by Gasteiger charge is 2.23. The molecule has 0 aromatic heterocycles. The Balaban J connectivity index is 1.48. The summed E-state index contributed by atoms with van der Waals surface area (Å²) in [6.45, 7) is 4.06. The first-order valence-corrected chi connectivity index (χ1v) is 10.8. The van der Waals surface area contributed by atoms with Crippen LogP contribution in [0.3, 0.4) is 0 Å². The molecule has 144 valence electrons. The minimum Gasteiger partial charge on any atom is -0.371 e. The number of rotatable bonds is 6. The van der Waals surface area contributed by atoms with Crippen molar-refractivity contribution >= 4 is 23.4 Å².